The molecular weight excluding hydrogens is 202 g/mol. The smallest absolute Gasteiger partial charge is 0.0236 e. The third-order valence-electron chi connectivity index (χ3n) is 3.86. The fourth-order valence-corrected chi connectivity index (χ4v) is 3.49. The predicted octanol–water partition coefficient (Wildman–Crippen LogP) is 2.43. The Balaban J connectivity index is 2.10. The lowest BCUT2D eigenvalue weighted by Gasteiger charge is -2.34. The van der Waals surface area contributed by atoms with Crippen molar-refractivity contribution in [3.05, 3.63) is 35.4 Å². The normalized spacial score (nSPS) is 23.1. The largest absolute Gasteiger partial charge is 0.317 e. The van der Waals surface area contributed by atoms with Crippen molar-refractivity contribution in [3.63, 3.8) is 0 Å². The summed E-state index contributed by atoms with van der Waals surface area (Å²) < 4.78 is 0. The van der Waals surface area contributed by atoms with Gasteiger partial charge in [-0.05, 0) is 43.5 Å². The molecule has 1 aromatic carbocycles. The molecule has 0 atom stereocenters. The van der Waals surface area contributed by atoms with Crippen LogP contribution in [-0.4, -0.2) is 18.0 Å². The number of hydrogen-bond donors (Lipinski definition) is 1. The number of rotatable bonds is 0. The van der Waals surface area contributed by atoms with E-state index in [4.69, 9.17) is 12.2 Å². The zero-order chi connectivity index (χ0) is 10.3. The van der Waals surface area contributed by atoms with Crippen LogP contribution >= 0.6 is 12.2 Å². The van der Waals surface area contributed by atoms with Gasteiger partial charge in [0.2, 0.25) is 0 Å². The monoisotopic (exact) mass is 217 g/mol. The zero-order valence-corrected chi connectivity index (χ0v) is 9.57. The molecule has 1 spiro atoms. The Bertz CT molecular complexity index is 405. The van der Waals surface area contributed by atoms with Gasteiger partial charge in [0.15, 0.2) is 0 Å². The highest BCUT2D eigenvalue weighted by Crippen LogP contribution is 2.45. The fraction of sp³-hybridized carbons (Fsp3) is 0.462. The van der Waals surface area contributed by atoms with Gasteiger partial charge in [-0.3, -0.25) is 0 Å². The highest BCUT2D eigenvalue weighted by atomic mass is 32.1. The maximum atomic E-state index is 5.51. The molecule has 3 rings (SSSR count). The molecule has 1 N–H and O–H groups in total. The summed E-state index contributed by atoms with van der Waals surface area (Å²) in [4.78, 5) is 1.17. The van der Waals surface area contributed by atoms with Crippen LogP contribution in [0.25, 0.3) is 0 Å². The van der Waals surface area contributed by atoms with E-state index in [-0.39, 0.29) is 0 Å². The summed E-state index contributed by atoms with van der Waals surface area (Å²) in [6.45, 7) is 2.27. The molecule has 1 fully saturated rings. The number of piperidine rings is 1. The Kier molecular flexibility index (Phi) is 2.15. The van der Waals surface area contributed by atoms with E-state index < -0.39 is 0 Å². The Morgan fingerprint density at radius 2 is 1.87 bits per heavy atom. The van der Waals surface area contributed by atoms with Gasteiger partial charge in [0.25, 0.3) is 0 Å². The molecule has 1 aliphatic carbocycles. The Labute approximate surface area is 95.9 Å². The Morgan fingerprint density at radius 1 is 1.13 bits per heavy atom. The van der Waals surface area contributed by atoms with E-state index in [0.29, 0.717) is 5.41 Å². The number of benzene rings is 1. The quantitative estimate of drug-likeness (QED) is 0.670. The molecule has 1 saturated heterocycles. The van der Waals surface area contributed by atoms with Gasteiger partial charge in [-0.1, -0.05) is 36.5 Å². The van der Waals surface area contributed by atoms with Gasteiger partial charge in [0, 0.05) is 10.3 Å². The van der Waals surface area contributed by atoms with Crippen molar-refractivity contribution < 1.29 is 0 Å². The Morgan fingerprint density at radius 3 is 2.67 bits per heavy atom. The van der Waals surface area contributed by atoms with Crippen molar-refractivity contribution in [2.75, 3.05) is 13.1 Å². The zero-order valence-electron chi connectivity index (χ0n) is 8.75. The van der Waals surface area contributed by atoms with E-state index in [9.17, 15) is 0 Å². The predicted molar refractivity (Wildman–Crippen MR) is 66.5 cm³/mol. The summed E-state index contributed by atoms with van der Waals surface area (Å²) in [5, 5.41) is 3.44. The van der Waals surface area contributed by atoms with Crippen molar-refractivity contribution >= 4 is 17.1 Å². The lowest BCUT2D eigenvalue weighted by Crippen LogP contribution is -2.38. The minimum Gasteiger partial charge on any atom is -0.317 e. The second-order valence-electron chi connectivity index (χ2n) is 4.68. The van der Waals surface area contributed by atoms with Crippen LogP contribution in [-0.2, 0) is 5.41 Å². The summed E-state index contributed by atoms with van der Waals surface area (Å²) in [5.41, 5.74) is 3.23. The van der Waals surface area contributed by atoms with Crippen LogP contribution < -0.4 is 5.32 Å². The van der Waals surface area contributed by atoms with Crippen molar-refractivity contribution in [1.29, 1.82) is 0 Å². The van der Waals surface area contributed by atoms with Gasteiger partial charge < -0.3 is 5.32 Å². The molecular formula is C13H15NS. The van der Waals surface area contributed by atoms with Crippen LogP contribution in [0, 0.1) is 0 Å². The molecule has 1 heterocycles. The fourth-order valence-electron chi connectivity index (χ4n) is 3.04. The van der Waals surface area contributed by atoms with E-state index in [0.717, 1.165) is 19.5 Å². The number of fused-ring (bicyclic) bond motifs is 2. The van der Waals surface area contributed by atoms with Crippen LogP contribution in [0.15, 0.2) is 24.3 Å². The number of hydrogen-bond acceptors (Lipinski definition) is 2. The molecule has 0 amide bonds. The maximum absolute atomic E-state index is 5.51. The van der Waals surface area contributed by atoms with E-state index in [2.05, 4.69) is 29.6 Å². The molecule has 0 radical (unpaired) electrons. The van der Waals surface area contributed by atoms with Gasteiger partial charge in [0.05, 0.1) is 0 Å². The van der Waals surface area contributed by atoms with Crippen LogP contribution in [0.3, 0.4) is 0 Å². The standard InChI is InChI=1S/C13H15NS/c15-12-9-13(5-7-14-8-6-13)11-4-2-1-3-10(11)12/h1-4,14H,5-9H2. The first-order valence-electron chi connectivity index (χ1n) is 5.65. The maximum Gasteiger partial charge on any atom is 0.0236 e. The first kappa shape index (κ1) is 9.49. The van der Waals surface area contributed by atoms with E-state index >= 15 is 0 Å². The molecule has 15 heavy (non-hydrogen) atoms. The second kappa shape index (κ2) is 3.39. The SMILES string of the molecule is S=C1CC2(CCNCC2)c2ccccc21. The van der Waals surface area contributed by atoms with Crippen LogP contribution in [0.2, 0.25) is 0 Å². The molecule has 1 nitrogen and oxygen atoms in total. The first-order chi connectivity index (χ1) is 7.32. The molecule has 78 valence electrons. The van der Waals surface area contributed by atoms with E-state index in [1.807, 2.05) is 0 Å². The van der Waals surface area contributed by atoms with Gasteiger partial charge in [-0.15, -0.1) is 0 Å². The molecule has 1 aliphatic heterocycles. The summed E-state index contributed by atoms with van der Waals surface area (Å²) in [7, 11) is 0. The molecule has 0 aromatic heterocycles. The molecule has 1 aromatic rings. The summed E-state index contributed by atoms with van der Waals surface area (Å²) in [6.07, 6.45) is 3.58. The molecule has 0 saturated carbocycles. The Hall–Kier alpha value is -0.730. The van der Waals surface area contributed by atoms with Crippen molar-refractivity contribution in [1.82, 2.24) is 5.32 Å². The second-order valence-corrected chi connectivity index (χ2v) is 5.17. The molecule has 0 bridgehead atoms. The van der Waals surface area contributed by atoms with E-state index in [1.54, 1.807) is 0 Å². The number of thiocarbonyl (C=S) groups is 1. The lowest BCUT2D eigenvalue weighted by molar-refractivity contribution is 0.325. The summed E-state index contributed by atoms with van der Waals surface area (Å²) in [6, 6.07) is 8.72. The highest BCUT2D eigenvalue weighted by molar-refractivity contribution is 7.80. The first-order valence-corrected chi connectivity index (χ1v) is 6.06. The van der Waals surface area contributed by atoms with Crippen molar-refractivity contribution in [2.45, 2.75) is 24.7 Å². The van der Waals surface area contributed by atoms with Gasteiger partial charge in [0.1, 0.15) is 0 Å². The number of nitrogens with one attached hydrogen (secondary N) is 1. The third-order valence-corrected chi connectivity index (χ3v) is 4.22. The average Bonchev–Trinajstić information content (AvgIpc) is 2.55. The van der Waals surface area contributed by atoms with Gasteiger partial charge in [-0.25, -0.2) is 0 Å². The minimum atomic E-state index is 0.374. The topological polar surface area (TPSA) is 12.0 Å². The van der Waals surface area contributed by atoms with Crippen molar-refractivity contribution in [2.24, 2.45) is 0 Å². The molecule has 2 aliphatic rings. The lowest BCUT2D eigenvalue weighted by atomic mass is 9.74. The average molecular weight is 217 g/mol. The van der Waals surface area contributed by atoms with E-state index in [1.165, 1.54) is 28.8 Å². The van der Waals surface area contributed by atoms with Gasteiger partial charge in [-0.2, -0.15) is 0 Å². The van der Waals surface area contributed by atoms with Gasteiger partial charge >= 0.3 is 0 Å². The van der Waals surface area contributed by atoms with Crippen LogP contribution in [0.5, 0.6) is 0 Å². The molecule has 0 unspecified atom stereocenters. The third kappa shape index (κ3) is 1.35. The summed E-state index contributed by atoms with van der Waals surface area (Å²) >= 11 is 5.51. The minimum absolute atomic E-state index is 0.374. The summed E-state index contributed by atoms with van der Waals surface area (Å²) in [5.74, 6) is 0. The van der Waals surface area contributed by atoms with Crippen molar-refractivity contribution in [3.8, 4) is 0 Å². The molecule has 2 heteroatoms. The van der Waals surface area contributed by atoms with Crippen LogP contribution in [0.1, 0.15) is 30.4 Å². The highest BCUT2D eigenvalue weighted by Gasteiger charge is 2.41. The van der Waals surface area contributed by atoms with Crippen LogP contribution in [0.4, 0.5) is 0 Å².